The first-order chi connectivity index (χ1) is 9.81. The molecule has 4 rings (SSSR count). The third-order valence-electron chi connectivity index (χ3n) is 3.74. The molecule has 0 saturated heterocycles. The predicted octanol–water partition coefficient (Wildman–Crippen LogP) is 4.06. The summed E-state index contributed by atoms with van der Waals surface area (Å²) in [6.45, 7) is 2.38. The molecule has 3 heteroatoms. The van der Waals surface area contributed by atoms with Gasteiger partial charge < -0.3 is 13.9 Å². The SMILES string of the molecule is Cc1c(Cc2ccccc2)oc2cc3c(cc12)OCO3. The summed E-state index contributed by atoms with van der Waals surface area (Å²) in [7, 11) is 0. The van der Waals surface area contributed by atoms with E-state index in [1.54, 1.807) is 0 Å². The van der Waals surface area contributed by atoms with Crippen LogP contribution in [0.5, 0.6) is 11.5 Å². The third kappa shape index (κ3) is 1.74. The van der Waals surface area contributed by atoms with E-state index in [1.807, 2.05) is 30.3 Å². The summed E-state index contributed by atoms with van der Waals surface area (Å²) in [4.78, 5) is 0. The number of aryl methyl sites for hydroxylation is 1. The van der Waals surface area contributed by atoms with Gasteiger partial charge in [-0.2, -0.15) is 0 Å². The highest BCUT2D eigenvalue weighted by Crippen LogP contribution is 2.39. The zero-order valence-corrected chi connectivity index (χ0v) is 11.2. The Morgan fingerprint density at radius 3 is 2.55 bits per heavy atom. The number of rotatable bonds is 2. The summed E-state index contributed by atoms with van der Waals surface area (Å²) in [5.74, 6) is 2.56. The van der Waals surface area contributed by atoms with Gasteiger partial charge in [-0.05, 0) is 24.1 Å². The average molecular weight is 266 g/mol. The summed E-state index contributed by atoms with van der Waals surface area (Å²) < 4.78 is 16.8. The monoisotopic (exact) mass is 266 g/mol. The molecule has 3 aromatic rings. The first-order valence-electron chi connectivity index (χ1n) is 6.67. The molecule has 0 N–H and O–H groups in total. The maximum absolute atomic E-state index is 5.99. The number of hydrogen-bond acceptors (Lipinski definition) is 3. The molecule has 1 aromatic heterocycles. The zero-order valence-electron chi connectivity index (χ0n) is 11.2. The van der Waals surface area contributed by atoms with E-state index in [9.17, 15) is 0 Å². The van der Waals surface area contributed by atoms with E-state index in [4.69, 9.17) is 13.9 Å². The van der Waals surface area contributed by atoms with Crippen LogP contribution in [0.2, 0.25) is 0 Å². The minimum atomic E-state index is 0.290. The predicted molar refractivity (Wildman–Crippen MR) is 76.3 cm³/mol. The first kappa shape index (κ1) is 11.4. The van der Waals surface area contributed by atoms with Gasteiger partial charge >= 0.3 is 0 Å². The van der Waals surface area contributed by atoms with Crippen LogP contribution in [-0.2, 0) is 6.42 Å². The molecule has 3 nitrogen and oxygen atoms in total. The molecule has 0 unspecified atom stereocenters. The highest BCUT2D eigenvalue weighted by atomic mass is 16.7. The van der Waals surface area contributed by atoms with Crippen LogP contribution < -0.4 is 9.47 Å². The lowest BCUT2D eigenvalue weighted by Gasteiger charge is -1.98. The van der Waals surface area contributed by atoms with Crippen LogP contribution >= 0.6 is 0 Å². The molecule has 2 aromatic carbocycles. The molecule has 0 aliphatic carbocycles. The maximum Gasteiger partial charge on any atom is 0.231 e. The van der Waals surface area contributed by atoms with E-state index in [0.29, 0.717) is 0 Å². The summed E-state index contributed by atoms with van der Waals surface area (Å²) in [6, 6.07) is 14.3. The van der Waals surface area contributed by atoms with Gasteiger partial charge in [0.25, 0.3) is 0 Å². The summed E-state index contributed by atoms with van der Waals surface area (Å²) in [5, 5.41) is 1.10. The van der Waals surface area contributed by atoms with Crippen LogP contribution in [0.25, 0.3) is 11.0 Å². The third-order valence-corrected chi connectivity index (χ3v) is 3.74. The lowest BCUT2D eigenvalue weighted by molar-refractivity contribution is 0.174. The minimum Gasteiger partial charge on any atom is -0.460 e. The molecular formula is C17H14O3. The molecule has 0 spiro atoms. The van der Waals surface area contributed by atoms with E-state index in [1.165, 1.54) is 11.1 Å². The minimum absolute atomic E-state index is 0.290. The quantitative estimate of drug-likeness (QED) is 0.701. The van der Waals surface area contributed by atoms with E-state index in [-0.39, 0.29) is 6.79 Å². The van der Waals surface area contributed by atoms with Gasteiger partial charge in [0.2, 0.25) is 6.79 Å². The Morgan fingerprint density at radius 1 is 1.00 bits per heavy atom. The second kappa shape index (κ2) is 4.30. The van der Waals surface area contributed by atoms with Crippen molar-refractivity contribution in [3.63, 3.8) is 0 Å². The van der Waals surface area contributed by atoms with E-state index in [0.717, 1.165) is 34.6 Å². The van der Waals surface area contributed by atoms with Gasteiger partial charge in [0, 0.05) is 17.9 Å². The molecule has 0 bridgehead atoms. The Morgan fingerprint density at radius 2 is 1.75 bits per heavy atom. The maximum atomic E-state index is 5.99. The summed E-state index contributed by atoms with van der Waals surface area (Å²) >= 11 is 0. The van der Waals surface area contributed by atoms with E-state index >= 15 is 0 Å². The molecule has 20 heavy (non-hydrogen) atoms. The number of ether oxygens (including phenoxy) is 2. The van der Waals surface area contributed by atoms with Gasteiger partial charge in [0.1, 0.15) is 11.3 Å². The van der Waals surface area contributed by atoms with Crippen LogP contribution in [0.15, 0.2) is 46.9 Å². The second-order valence-electron chi connectivity index (χ2n) is 5.01. The smallest absolute Gasteiger partial charge is 0.231 e. The standard InChI is InChI=1S/C17H14O3/c1-11-13-8-16-17(19-10-18-16)9-15(13)20-14(11)7-12-5-3-2-4-6-12/h2-6,8-9H,7,10H2,1H3. The molecule has 2 heterocycles. The van der Waals surface area contributed by atoms with Crippen LogP contribution in [0.1, 0.15) is 16.9 Å². The Kier molecular flexibility index (Phi) is 2.46. The Bertz CT molecular complexity index is 772. The molecule has 1 aliphatic heterocycles. The van der Waals surface area contributed by atoms with Gasteiger partial charge in [0.15, 0.2) is 11.5 Å². The van der Waals surface area contributed by atoms with Crippen LogP contribution in [0, 0.1) is 6.92 Å². The van der Waals surface area contributed by atoms with Crippen molar-refractivity contribution in [1.82, 2.24) is 0 Å². The van der Waals surface area contributed by atoms with Crippen LogP contribution in [0.4, 0.5) is 0 Å². The first-order valence-corrected chi connectivity index (χ1v) is 6.67. The van der Waals surface area contributed by atoms with Gasteiger partial charge in [-0.25, -0.2) is 0 Å². The fourth-order valence-corrected chi connectivity index (χ4v) is 2.61. The topological polar surface area (TPSA) is 31.6 Å². The highest BCUT2D eigenvalue weighted by Gasteiger charge is 2.19. The van der Waals surface area contributed by atoms with E-state index < -0.39 is 0 Å². The van der Waals surface area contributed by atoms with Crippen molar-refractivity contribution in [2.45, 2.75) is 13.3 Å². The van der Waals surface area contributed by atoms with Crippen molar-refractivity contribution in [3.8, 4) is 11.5 Å². The number of furan rings is 1. The second-order valence-corrected chi connectivity index (χ2v) is 5.01. The van der Waals surface area contributed by atoms with Crippen molar-refractivity contribution >= 4 is 11.0 Å². The lowest BCUT2D eigenvalue weighted by atomic mass is 10.1. The largest absolute Gasteiger partial charge is 0.460 e. The van der Waals surface area contributed by atoms with Gasteiger partial charge in [-0.3, -0.25) is 0 Å². The molecule has 0 amide bonds. The van der Waals surface area contributed by atoms with Gasteiger partial charge in [-0.1, -0.05) is 30.3 Å². The Hall–Kier alpha value is -2.42. The van der Waals surface area contributed by atoms with Crippen molar-refractivity contribution < 1.29 is 13.9 Å². The zero-order chi connectivity index (χ0) is 13.5. The summed E-state index contributed by atoms with van der Waals surface area (Å²) in [5.41, 5.74) is 3.27. The van der Waals surface area contributed by atoms with Crippen LogP contribution in [0.3, 0.4) is 0 Å². The molecule has 100 valence electrons. The molecule has 0 atom stereocenters. The Balaban J connectivity index is 1.79. The lowest BCUT2D eigenvalue weighted by Crippen LogP contribution is -1.92. The molecule has 0 radical (unpaired) electrons. The fourth-order valence-electron chi connectivity index (χ4n) is 2.61. The highest BCUT2D eigenvalue weighted by molar-refractivity contribution is 5.86. The molecular weight excluding hydrogens is 252 g/mol. The van der Waals surface area contributed by atoms with Gasteiger partial charge in [0.05, 0.1) is 0 Å². The fraction of sp³-hybridized carbons (Fsp3) is 0.176. The average Bonchev–Trinajstić information content (AvgIpc) is 3.03. The normalized spacial score (nSPS) is 13.1. The number of hydrogen-bond donors (Lipinski definition) is 0. The van der Waals surface area contributed by atoms with Crippen LogP contribution in [-0.4, -0.2) is 6.79 Å². The summed E-state index contributed by atoms with van der Waals surface area (Å²) in [6.07, 6.45) is 0.799. The molecule has 0 fully saturated rings. The molecule has 0 saturated carbocycles. The van der Waals surface area contributed by atoms with Crippen molar-refractivity contribution in [1.29, 1.82) is 0 Å². The molecule has 1 aliphatic rings. The van der Waals surface area contributed by atoms with Crippen molar-refractivity contribution in [3.05, 3.63) is 59.4 Å². The van der Waals surface area contributed by atoms with Gasteiger partial charge in [-0.15, -0.1) is 0 Å². The number of fused-ring (bicyclic) bond motifs is 2. The Labute approximate surface area is 116 Å². The van der Waals surface area contributed by atoms with Crippen molar-refractivity contribution in [2.75, 3.05) is 6.79 Å². The number of benzene rings is 2. The van der Waals surface area contributed by atoms with E-state index in [2.05, 4.69) is 19.1 Å². The van der Waals surface area contributed by atoms with Crippen molar-refractivity contribution in [2.24, 2.45) is 0 Å².